The Kier molecular flexibility index (Phi) is 74.0. The van der Waals surface area contributed by atoms with Crippen LogP contribution in [0.5, 0.6) is 0 Å². The number of esters is 2. The zero-order valence-electron chi connectivity index (χ0n) is 64.0. The molecule has 97 heavy (non-hydrogen) atoms. The molecule has 0 aliphatic rings. The minimum Gasteiger partial charge on any atom is -0.477 e. The van der Waals surface area contributed by atoms with E-state index in [1.54, 1.807) is 0 Å². The zero-order valence-corrected chi connectivity index (χ0v) is 64.0. The molecule has 1 N–H and O–H groups in total. The normalized spacial score (nSPS) is 13.3. The number of carbonyl (C=O) groups excluding carboxylic acids is 2. The first kappa shape index (κ1) is 92.7. The minimum atomic E-state index is -1.52. The summed E-state index contributed by atoms with van der Waals surface area (Å²) in [5.41, 5.74) is 0. The Morgan fingerprint density at radius 3 is 0.876 bits per heavy atom. The molecule has 0 aromatic rings. The predicted octanol–water partition coefficient (Wildman–Crippen LogP) is 26.3. The Hall–Kier alpha value is -4.31. The van der Waals surface area contributed by atoms with E-state index >= 15 is 0 Å². The number of carbonyl (C=O) groups is 3. The Labute approximate surface area is 599 Å². The van der Waals surface area contributed by atoms with E-state index in [0.29, 0.717) is 23.9 Å². The average molecular weight is 1350 g/mol. The van der Waals surface area contributed by atoms with Gasteiger partial charge in [0.15, 0.2) is 6.10 Å². The summed E-state index contributed by atoms with van der Waals surface area (Å²) in [4.78, 5) is 37.7. The molecule has 0 saturated carbocycles. The first-order chi connectivity index (χ1) is 47.6. The quantitative estimate of drug-likeness (QED) is 0.0211. The highest BCUT2D eigenvalue weighted by atomic mass is 16.7. The average Bonchev–Trinajstić information content (AvgIpc) is 2.39. The summed E-state index contributed by atoms with van der Waals surface area (Å²) in [6.07, 6.45) is 108. The molecule has 2 unspecified atom stereocenters. The third-order valence-electron chi connectivity index (χ3n) is 17.7. The van der Waals surface area contributed by atoms with Gasteiger partial charge in [0.05, 0.1) is 34.4 Å². The van der Waals surface area contributed by atoms with Crippen molar-refractivity contribution in [1.82, 2.24) is 0 Å². The molecule has 0 heterocycles. The number of likely N-dealkylation sites (N-methyl/N-ethyl adjacent to an activating group) is 1. The van der Waals surface area contributed by atoms with E-state index in [2.05, 4.69) is 135 Å². The zero-order chi connectivity index (χ0) is 70.4. The Morgan fingerprint density at radius 2 is 0.588 bits per heavy atom. The summed E-state index contributed by atoms with van der Waals surface area (Å²) in [5.74, 6) is -2.02. The van der Waals surface area contributed by atoms with Gasteiger partial charge in [-0.15, -0.1) is 0 Å². The maximum Gasteiger partial charge on any atom is 0.361 e. The molecule has 0 spiro atoms. The number of hydrogen-bond acceptors (Lipinski definition) is 7. The lowest BCUT2D eigenvalue weighted by Crippen LogP contribution is -2.40. The lowest BCUT2D eigenvalue weighted by atomic mass is 10.0. The van der Waals surface area contributed by atoms with E-state index in [1.807, 2.05) is 21.1 Å². The number of ether oxygens (including phenoxy) is 4. The number of allylic oxidation sites excluding steroid dienone is 20. The number of unbranched alkanes of at least 4 members (excludes halogenated alkanes) is 40. The van der Waals surface area contributed by atoms with E-state index < -0.39 is 24.3 Å². The van der Waals surface area contributed by atoms with Crippen molar-refractivity contribution < 1.29 is 42.9 Å². The highest BCUT2D eigenvalue weighted by Gasteiger charge is 2.25. The molecular formula is C88H154NO8+. The third kappa shape index (κ3) is 78.9. The first-order valence-electron chi connectivity index (χ1n) is 40.7. The van der Waals surface area contributed by atoms with Gasteiger partial charge in [-0.1, -0.05) is 360 Å². The lowest BCUT2D eigenvalue weighted by molar-refractivity contribution is -0.870. The number of hydrogen-bond donors (Lipinski definition) is 1. The van der Waals surface area contributed by atoms with Crippen molar-refractivity contribution in [2.24, 2.45) is 0 Å². The van der Waals surface area contributed by atoms with E-state index in [9.17, 15) is 19.5 Å². The van der Waals surface area contributed by atoms with Crippen molar-refractivity contribution in [3.63, 3.8) is 0 Å². The second-order valence-electron chi connectivity index (χ2n) is 28.3. The van der Waals surface area contributed by atoms with Crippen molar-refractivity contribution in [1.29, 1.82) is 0 Å². The fraction of sp³-hybridized carbons (Fsp3) is 0.739. The topological polar surface area (TPSA) is 108 Å². The van der Waals surface area contributed by atoms with E-state index in [-0.39, 0.29) is 32.2 Å². The number of aliphatic carboxylic acids is 1. The van der Waals surface area contributed by atoms with Crippen LogP contribution in [0.4, 0.5) is 0 Å². The van der Waals surface area contributed by atoms with Crippen LogP contribution in [0.3, 0.4) is 0 Å². The highest BCUT2D eigenvalue weighted by Crippen LogP contribution is 2.19. The molecule has 558 valence electrons. The number of carboxylic acids is 1. The second-order valence-corrected chi connectivity index (χ2v) is 28.3. The van der Waals surface area contributed by atoms with E-state index in [4.69, 9.17) is 18.9 Å². The summed E-state index contributed by atoms with van der Waals surface area (Å²) in [6.45, 7) is 4.76. The number of nitrogens with zero attached hydrogens (tertiary/aromatic N) is 1. The summed E-state index contributed by atoms with van der Waals surface area (Å²) in [5, 5.41) is 9.77. The number of carboxylic acid groups (broad SMARTS) is 1. The summed E-state index contributed by atoms with van der Waals surface area (Å²) >= 11 is 0. The van der Waals surface area contributed by atoms with Gasteiger partial charge in [-0.3, -0.25) is 9.59 Å². The molecule has 0 fully saturated rings. The van der Waals surface area contributed by atoms with Crippen molar-refractivity contribution in [2.75, 3.05) is 47.5 Å². The number of quaternary nitrogens is 1. The summed E-state index contributed by atoms with van der Waals surface area (Å²) < 4.78 is 23.0. The second kappa shape index (κ2) is 77.4. The molecular weight excluding hydrogens is 1200 g/mol. The van der Waals surface area contributed by atoms with Crippen LogP contribution in [0.1, 0.15) is 361 Å². The molecule has 0 saturated heterocycles. The van der Waals surface area contributed by atoms with Crippen LogP contribution in [0.2, 0.25) is 0 Å². The molecule has 0 aliphatic heterocycles. The molecule has 0 bridgehead atoms. The molecule has 0 aromatic heterocycles. The van der Waals surface area contributed by atoms with Gasteiger partial charge in [0.25, 0.3) is 6.29 Å². The van der Waals surface area contributed by atoms with Crippen LogP contribution in [0, 0.1) is 0 Å². The fourth-order valence-corrected chi connectivity index (χ4v) is 11.5. The molecule has 0 amide bonds. The summed E-state index contributed by atoms with van der Waals surface area (Å²) in [6, 6.07) is 0. The Balaban J connectivity index is 4.02. The molecule has 0 aliphatic carbocycles. The highest BCUT2D eigenvalue weighted by molar-refractivity contribution is 5.71. The molecule has 9 heteroatoms. The van der Waals surface area contributed by atoms with Crippen molar-refractivity contribution in [2.45, 2.75) is 373 Å². The van der Waals surface area contributed by atoms with Gasteiger partial charge >= 0.3 is 17.9 Å². The number of rotatable bonds is 75. The standard InChI is InChI=1S/C88H153NO8/c1-6-8-10-12-14-16-18-20-22-24-26-28-30-32-34-36-38-39-40-41-42-43-44-45-46-47-49-50-52-54-56-58-60-62-64-66-68-70-72-74-76-78-85(90)95-82-84(83-96-88(87(92)93)94-81-80-89(3,4)5)97-86(91)79-77-75-73-71-69-67-65-63-61-59-57-55-53-51-48-37-35-33-31-29-27-25-23-21-19-17-15-13-11-9-7-2/h9,11,15,17-18,20-21,23-24,26-27,29,33,35,48,51,55,57,61,63,84,88H,6-8,10,12-14,16,19,22,25,28,30-32,34,36-47,49-50,52-54,56,58-60,62,64-83H2,1-5H3/p+1/b11-9-,17-15-,20-18-,23-21-,26-24-,29-27-,35-33-,51-48-,57-55-,63-61-. The van der Waals surface area contributed by atoms with Gasteiger partial charge in [-0.25, -0.2) is 4.79 Å². The minimum absolute atomic E-state index is 0.180. The van der Waals surface area contributed by atoms with Crippen LogP contribution >= 0.6 is 0 Å². The van der Waals surface area contributed by atoms with E-state index in [0.717, 1.165) is 116 Å². The van der Waals surface area contributed by atoms with Crippen LogP contribution in [0.25, 0.3) is 0 Å². The SMILES string of the molecule is CC/C=C\C/C=C\C/C=C\C/C=C\C/C=C\C/C=C\C/C=C\C/C=C\CCCCCCCCC(=O)OC(COC(=O)CCCCCCCCCCCCCCCCCCCCCCCCCCCCCCC/C=C\C/C=C\CCCCCCC)COC(OCC[N+](C)(C)C)C(=O)O. The summed E-state index contributed by atoms with van der Waals surface area (Å²) in [7, 11) is 5.98. The first-order valence-corrected chi connectivity index (χ1v) is 40.7. The van der Waals surface area contributed by atoms with Gasteiger partial charge in [-0.2, -0.15) is 0 Å². The largest absolute Gasteiger partial charge is 0.477 e. The van der Waals surface area contributed by atoms with Gasteiger partial charge < -0.3 is 28.5 Å². The Bertz CT molecular complexity index is 2020. The van der Waals surface area contributed by atoms with Crippen LogP contribution in [-0.2, 0) is 33.3 Å². The molecule has 2 atom stereocenters. The predicted molar refractivity (Wildman–Crippen MR) is 419 cm³/mol. The van der Waals surface area contributed by atoms with Crippen molar-refractivity contribution >= 4 is 17.9 Å². The maximum atomic E-state index is 13.0. The van der Waals surface area contributed by atoms with Crippen molar-refractivity contribution in [3.8, 4) is 0 Å². The van der Waals surface area contributed by atoms with Crippen molar-refractivity contribution in [3.05, 3.63) is 122 Å². The Morgan fingerprint density at radius 1 is 0.320 bits per heavy atom. The molecule has 9 nitrogen and oxygen atoms in total. The lowest BCUT2D eigenvalue weighted by Gasteiger charge is -2.25. The third-order valence-corrected chi connectivity index (χ3v) is 17.7. The van der Waals surface area contributed by atoms with Crippen LogP contribution in [0.15, 0.2) is 122 Å². The van der Waals surface area contributed by atoms with Gasteiger partial charge in [0.1, 0.15) is 13.2 Å². The van der Waals surface area contributed by atoms with Crippen LogP contribution in [-0.4, -0.2) is 87.4 Å². The maximum absolute atomic E-state index is 13.0. The fourth-order valence-electron chi connectivity index (χ4n) is 11.5. The van der Waals surface area contributed by atoms with Gasteiger partial charge in [-0.05, 0) is 109 Å². The van der Waals surface area contributed by atoms with E-state index in [1.165, 1.54) is 212 Å². The monoisotopic (exact) mass is 1350 g/mol. The smallest absolute Gasteiger partial charge is 0.361 e. The van der Waals surface area contributed by atoms with Gasteiger partial charge in [0.2, 0.25) is 0 Å². The molecule has 0 rings (SSSR count). The van der Waals surface area contributed by atoms with Gasteiger partial charge in [0, 0.05) is 12.8 Å². The molecule has 0 aromatic carbocycles. The van der Waals surface area contributed by atoms with Crippen LogP contribution < -0.4 is 0 Å². The molecule has 0 radical (unpaired) electrons.